The summed E-state index contributed by atoms with van der Waals surface area (Å²) in [7, 11) is 0. The number of piperidine rings is 1. The molecule has 3 heterocycles. The van der Waals surface area contributed by atoms with E-state index in [4.69, 9.17) is 20.8 Å². The Balaban J connectivity index is 0.00000210. The third-order valence-corrected chi connectivity index (χ3v) is 4.99. The molecule has 0 saturated carbocycles. The minimum absolute atomic E-state index is 0. The van der Waals surface area contributed by atoms with E-state index in [1.54, 1.807) is 12.1 Å². The average molecular weight is 415 g/mol. The minimum Gasteiger partial charge on any atom is -0.484 e. The van der Waals surface area contributed by atoms with Crippen molar-refractivity contribution in [2.45, 2.75) is 25.4 Å². The molecule has 144 valence electrons. The molecule has 1 fully saturated rings. The molecule has 0 amide bonds. The molecule has 0 radical (unpaired) electrons. The second kappa shape index (κ2) is 8.42. The molecule has 0 atom stereocenters. The lowest BCUT2D eigenvalue weighted by molar-refractivity contribution is 0.277. The van der Waals surface area contributed by atoms with Gasteiger partial charge in [0, 0.05) is 29.1 Å². The van der Waals surface area contributed by atoms with E-state index >= 15 is 0 Å². The highest BCUT2D eigenvalue weighted by Crippen LogP contribution is 2.34. The SMILES string of the molecule is Cl.Fc1cc2c(Cl)ccc(COc3c(F)ccnc3C3CCNCC3)c2o1. The van der Waals surface area contributed by atoms with Gasteiger partial charge < -0.3 is 14.5 Å². The first kappa shape index (κ1) is 19.9. The van der Waals surface area contributed by atoms with Gasteiger partial charge in [0.1, 0.15) is 12.2 Å². The second-order valence-electron chi connectivity index (χ2n) is 6.32. The largest absolute Gasteiger partial charge is 0.484 e. The zero-order valence-corrected chi connectivity index (χ0v) is 15.9. The summed E-state index contributed by atoms with van der Waals surface area (Å²) >= 11 is 6.07. The molecule has 0 bridgehead atoms. The predicted octanol–water partition coefficient (Wildman–Crippen LogP) is 5.23. The Hall–Kier alpha value is -1.89. The van der Waals surface area contributed by atoms with Crippen LogP contribution in [0.4, 0.5) is 8.78 Å². The number of pyridine rings is 1. The number of furan rings is 1. The minimum atomic E-state index is -0.725. The van der Waals surface area contributed by atoms with Gasteiger partial charge in [-0.25, -0.2) is 4.39 Å². The van der Waals surface area contributed by atoms with Crippen molar-refractivity contribution in [1.29, 1.82) is 0 Å². The average Bonchev–Trinajstić information content (AvgIpc) is 3.05. The van der Waals surface area contributed by atoms with Crippen molar-refractivity contribution < 1.29 is 17.9 Å². The number of benzene rings is 1. The van der Waals surface area contributed by atoms with Crippen LogP contribution in [0, 0.1) is 11.8 Å². The van der Waals surface area contributed by atoms with E-state index in [0.29, 0.717) is 27.2 Å². The maximum absolute atomic E-state index is 14.4. The molecule has 27 heavy (non-hydrogen) atoms. The van der Waals surface area contributed by atoms with E-state index in [2.05, 4.69) is 10.3 Å². The number of aromatic nitrogens is 1. The molecule has 3 aromatic rings. The molecule has 1 aliphatic rings. The number of hydrogen-bond donors (Lipinski definition) is 1. The molecule has 8 heteroatoms. The highest BCUT2D eigenvalue weighted by atomic mass is 35.5. The number of halogens is 4. The van der Waals surface area contributed by atoms with Crippen molar-refractivity contribution >= 4 is 35.0 Å². The molecule has 0 unspecified atom stereocenters. The van der Waals surface area contributed by atoms with Crippen molar-refractivity contribution in [1.82, 2.24) is 10.3 Å². The Kier molecular flexibility index (Phi) is 6.19. The van der Waals surface area contributed by atoms with E-state index in [0.717, 1.165) is 25.9 Å². The predicted molar refractivity (Wildman–Crippen MR) is 102 cm³/mol. The normalized spacial score (nSPS) is 14.9. The monoisotopic (exact) mass is 414 g/mol. The lowest BCUT2D eigenvalue weighted by Crippen LogP contribution is -2.27. The van der Waals surface area contributed by atoms with Gasteiger partial charge in [-0.3, -0.25) is 4.98 Å². The Morgan fingerprint density at radius 1 is 1.22 bits per heavy atom. The topological polar surface area (TPSA) is 47.3 Å². The highest BCUT2D eigenvalue weighted by Gasteiger charge is 2.23. The number of rotatable bonds is 4. The van der Waals surface area contributed by atoms with E-state index in [9.17, 15) is 8.78 Å². The smallest absolute Gasteiger partial charge is 0.278 e. The van der Waals surface area contributed by atoms with Gasteiger partial charge in [0.05, 0.1) is 10.7 Å². The number of hydrogen-bond acceptors (Lipinski definition) is 4. The fourth-order valence-corrected chi connectivity index (χ4v) is 3.55. The summed E-state index contributed by atoms with van der Waals surface area (Å²) < 4.78 is 38.8. The Labute approximate surface area is 166 Å². The van der Waals surface area contributed by atoms with Crippen LogP contribution in [0.25, 0.3) is 11.0 Å². The Morgan fingerprint density at radius 3 is 2.78 bits per heavy atom. The van der Waals surface area contributed by atoms with Gasteiger partial charge in [-0.2, -0.15) is 4.39 Å². The van der Waals surface area contributed by atoms with Crippen LogP contribution < -0.4 is 10.1 Å². The summed E-state index contributed by atoms with van der Waals surface area (Å²) in [4.78, 5) is 4.36. The van der Waals surface area contributed by atoms with Crippen LogP contribution in [0.2, 0.25) is 5.02 Å². The first-order valence-electron chi connectivity index (χ1n) is 8.48. The Bertz CT molecular complexity index is 943. The van der Waals surface area contributed by atoms with Gasteiger partial charge in [-0.15, -0.1) is 12.4 Å². The van der Waals surface area contributed by atoms with Gasteiger partial charge >= 0.3 is 0 Å². The van der Waals surface area contributed by atoms with E-state index in [-0.39, 0.29) is 30.7 Å². The fraction of sp³-hybridized carbons (Fsp3) is 0.316. The highest BCUT2D eigenvalue weighted by molar-refractivity contribution is 6.35. The summed E-state index contributed by atoms with van der Waals surface area (Å²) in [5, 5.41) is 4.14. The van der Waals surface area contributed by atoms with E-state index in [1.807, 2.05) is 0 Å². The summed E-state index contributed by atoms with van der Waals surface area (Å²) in [6.07, 6.45) is 3.21. The number of ether oxygens (including phenoxy) is 1. The second-order valence-corrected chi connectivity index (χ2v) is 6.73. The van der Waals surface area contributed by atoms with Gasteiger partial charge in [-0.05, 0) is 38.1 Å². The molecule has 4 rings (SSSR count). The third kappa shape index (κ3) is 4.03. The standard InChI is InChI=1S/C19H17ClF2N2O2.ClH/c20-14-2-1-12(18-13(14)9-16(22)26-18)10-25-19-15(21)5-8-24-17(19)11-3-6-23-7-4-11;/h1-2,5,8-9,11,23H,3-4,6-7,10H2;1H. The van der Waals surface area contributed by atoms with Gasteiger partial charge in [0.25, 0.3) is 6.01 Å². The molecule has 1 aromatic carbocycles. The van der Waals surface area contributed by atoms with Crippen molar-refractivity contribution in [3.05, 3.63) is 58.6 Å². The van der Waals surface area contributed by atoms with Crippen LogP contribution in [-0.4, -0.2) is 18.1 Å². The van der Waals surface area contributed by atoms with Crippen molar-refractivity contribution in [3.8, 4) is 5.75 Å². The summed E-state index contributed by atoms with van der Waals surface area (Å²) in [5.74, 6) is -0.160. The first-order valence-corrected chi connectivity index (χ1v) is 8.85. The lowest BCUT2D eigenvalue weighted by Gasteiger charge is -2.24. The molecular weight excluding hydrogens is 397 g/mol. The third-order valence-electron chi connectivity index (χ3n) is 4.66. The number of nitrogens with zero attached hydrogens (tertiary/aromatic N) is 1. The van der Waals surface area contributed by atoms with Crippen LogP contribution in [0.15, 0.2) is 34.9 Å². The number of fused-ring (bicyclic) bond motifs is 1. The molecule has 1 saturated heterocycles. The molecule has 0 aliphatic carbocycles. The van der Waals surface area contributed by atoms with Crippen molar-refractivity contribution in [3.63, 3.8) is 0 Å². The van der Waals surface area contributed by atoms with Crippen LogP contribution in [-0.2, 0) is 6.61 Å². The number of nitrogens with one attached hydrogen (secondary N) is 1. The first-order chi connectivity index (χ1) is 12.6. The van der Waals surface area contributed by atoms with Gasteiger partial charge in [-0.1, -0.05) is 17.7 Å². The zero-order valence-electron chi connectivity index (χ0n) is 14.3. The molecule has 0 spiro atoms. The van der Waals surface area contributed by atoms with Gasteiger partial charge in [0.15, 0.2) is 11.6 Å². The lowest BCUT2D eigenvalue weighted by atomic mass is 9.93. The van der Waals surface area contributed by atoms with Crippen LogP contribution in [0.5, 0.6) is 5.75 Å². The van der Waals surface area contributed by atoms with Crippen LogP contribution >= 0.6 is 24.0 Å². The van der Waals surface area contributed by atoms with Crippen molar-refractivity contribution in [2.75, 3.05) is 13.1 Å². The van der Waals surface area contributed by atoms with Crippen molar-refractivity contribution in [2.24, 2.45) is 0 Å². The maximum atomic E-state index is 14.4. The summed E-state index contributed by atoms with van der Waals surface area (Å²) in [5.41, 5.74) is 1.53. The maximum Gasteiger partial charge on any atom is 0.278 e. The molecule has 1 aliphatic heterocycles. The molecule has 1 N–H and O–H groups in total. The van der Waals surface area contributed by atoms with E-state index in [1.165, 1.54) is 18.3 Å². The van der Waals surface area contributed by atoms with Crippen LogP contribution in [0.1, 0.15) is 30.0 Å². The Morgan fingerprint density at radius 2 is 2.00 bits per heavy atom. The molecule has 2 aromatic heterocycles. The molecule has 4 nitrogen and oxygen atoms in total. The van der Waals surface area contributed by atoms with Gasteiger partial charge in [0.2, 0.25) is 0 Å². The summed E-state index contributed by atoms with van der Waals surface area (Å²) in [6, 6.07) is 5.12. The van der Waals surface area contributed by atoms with Crippen LogP contribution in [0.3, 0.4) is 0 Å². The molecular formula is C19H18Cl2F2N2O2. The van der Waals surface area contributed by atoms with E-state index < -0.39 is 11.8 Å². The fourth-order valence-electron chi connectivity index (χ4n) is 3.35. The summed E-state index contributed by atoms with van der Waals surface area (Å²) in [6.45, 7) is 1.76. The zero-order chi connectivity index (χ0) is 18.1. The quantitative estimate of drug-likeness (QED) is 0.634.